The van der Waals surface area contributed by atoms with Gasteiger partial charge in [0.1, 0.15) is 0 Å². The molecule has 2 aromatic rings. The molecule has 0 aliphatic heterocycles. The second-order valence-electron chi connectivity index (χ2n) is 4.65. The van der Waals surface area contributed by atoms with Crippen LogP contribution in [-0.4, -0.2) is 24.9 Å². The molecular formula is C14H17N3O2S2. The molecule has 0 fully saturated rings. The quantitative estimate of drug-likeness (QED) is 0.601. The summed E-state index contributed by atoms with van der Waals surface area (Å²) in [5.41, 5.74) is 6.06. The van der Waals surface area contributed by atoms with Crippen LogP contribution in [0.3, 0.4) is 0 Å². The summed E-state index contributed by atoms with van der Waals surface area (Å²) in [5.74, 6) is 0. The van der Waals surface area contributed by atoms with Gasteiger partial charge in [-0.25, -0.2) is 13.1 Å². The van der Waals surface area contributed by atoms with Crippen molar-refractivity contribution in [3.63, 3.8) is 0 Å². The molecule has 0 aliphatic rings. The number of sulfonamides is 1. The van der Waals surface area contributed by atoms with Gasteiger partial charge in [-0.3, -0.25) is 4.98 Å². The molecule has 7 heteroatoms. The van der Waals surface area contributed by atoms with Gasteiger partial charge in [0, 0.05) is 18.1 Å². The molecule has 1 aromatic carbocycles. The maximum atomic E-state index is 12.4. The van der Waals surface area contributed by atoms with Gasteiger partial charge >= 0.3 is 0 Å². The van der Waals surface area contributed by atoms with E-state index in [0.29, 0.717) is 35.3 Å². The number of rotatable bonds is 7. The van der Waals surface area contributed by atoms with Crippen LogP contribution in [0, 0.1) is 0 Å². The van der Waals surface area contributed by atoms with Crippen molar-refractivity contribution < 1.29 is 8.42 Å². The normalized spacial score (nSPS) is 11.6. The zero-order chi connectivity index (χ0) is 15.3. The number of nitrogens with zero attached hydrogens (tertiary/aromatic N) is 1. The van der Waals surface area contributed by atoms with Crippen LogP contribution in [0.15, 0.2) is 41.4 Å². The summed E-state index contributed by atoms with van der Waals surface area (Å²) in [7, 11) is -3.54. The Hall–Kier alpha value is -1.57. The molecule has 3 N–H and O–H groups in total. The zero-order valence-corrected chi connectivity index (χ0v) is 13.1. The number of nitrogens with two attached hydrogens (primary N) is 1. The largest absolute Gasteiger partial charge is 0.393 e. The molecule has 0 aliphatic carbocycles. The fourth-order valence-electron chi connectivity index (χ4n) is 2.02. The van der Waals surface area contributed by atoms with Crippen molar-refractivity contribution in [3.05, 3.63) is 36.5 Å². The summed E-state index contributed by atoms with van der Waals surface area (Å²) in [6, 6.07) is 8.54. The van der Waals surface area contributed by atoms with Gasteiger partial charge in [-0.05, 0) is 43.5 Å². The molecule has 0 unspecified atom stereocenters. The van der Waals surface area contributed by atoms with Crippen LogP contribution in [0.1, 0.15) is 19.3 Å². The lowest BCUT2D eigenvalue weighted by Gasteiger charge is -2.09. The minimum Gasteiger partial charge on any atom is -0.393 e. The number of nitrogens with one attached hydrogen (secondary N) is 1. The first kappa shape index (κ1) is 15.8. The van der Waals surface area contributed by atoms with Crippen LogP contribution in [0.4, 0.5) is 0 Å². The second kappa shape index (κ2) is 6.93. The van der Waals surface area contributed by atoms with E-state index in [1.54, 1.807) is 36.5 Å². The van der Waals surface area contributed by atoms with Gasteiger partial charge in [-0.15, -0.1) is 0 Å². The third-order valence-electron chi connectivity index (χ3n) is 3.04. The smallest absolute Gasteiger partial charge is 0.241 e. The van der Waals surface area contributed by atoms with Gasteiger partial charge in [-0.1, -0.05) is 18.3 Å². The van der Waals surface area contributed by atoms with E-state index in [1.165, 1.54) is 0 Å². The molecule has 0 amide bonds. The Morgan fingerprint density at radius 3 is 2.81 bits per heavy atom. The Bertz CT molecular complexity index is 739. The van der Waals surface area contributed by atoms with E-state index >= 15 is 0 Å². The number of hydrogen-bond donors (Lipinski definition) is 2. The SMILES string of the molecule is NC(=S)CCCCNS(=O)(=O)c1cccc2ncccc12. The Kier molecular flexibility index (Phi) is 5.22. The predicted octanol–water partition coefficient (Wildman–Crippen LogP) is 1.97. The molecule has 0 atom stereocenters. The summed E-state index contributed by atoms with van der Waals surface area (Å²) < 4.78 is 27.3. The van der Waals surface area contributed by atoms with E-state index in [0.717, 1.165) is 6.42 Å². The van der Waals surface area contributed by atoms with Gasteiger partial charge in [-0.2, -0.15) is 0 Å². The molecule has 2 rings (SSSR count). The highest BCUT2D eigenvalue weighted by Gasteiger charge is 2.16. The predicted molar refractivity (Wildman–Crippen MR) is 87.6 cm³/mol. The first-order valence-corrected chi connectivity index (χ1v) is 8.51. The number of pyridine rings is 1. The van der Waals surface area contributed by atoms with Gasteiger partial charge in [0.2, 0.25) is 10.0 Å². The maximum absolute atomic E-state index is 12.4. The summed E-state index contributed by atoms with van der Waals surface area (Å²) in [5, 5.41) is 0.621. The van der Waals surface area contributed by atoms with E-state index < -0.39 is 10.0 Å². The van der Waals surface area contributed by atoms with Gasteiger partial charge in [0.15, 0.2) is 0 Å². The number of aromatic nitrogens is 1. The highest BCUT2D eigenvalue weighted by molar-refractivity contribution is 7.89. The third kappa shape index (κ3) is 4.20. The minimum atomic E-state index is -3.54. The lowest BCUT2D eigenvalue weighted by molar-refractivity contribution is 0.578. The number of unbranched alkanes of at least 4 members (excludes halogenated alkanes) is 1. The highest BCUT2D eigenvalue weighted by atomic mass is 32.2. The Morgan fingerprint density at radius 1 is 1.24 bits per heavy atom. The topological polar surface area (TPSA) is 85.1 Å². The summed E-state index contributed by atoms with van der Waals surface area (Å²) in [6.45, 7) is 0.363. The second-order valence-corrected chi connectivity index (χ2v) is 6.91. The van der Waals surface area contributed by atoms with E-state index in [4.69, 9.17) is 18.0 Å². The van der Waals surface area contributed by atoms with E-state index in [-0.39, 0.29) is 4.90 Å². The first-order chi connectivity index (χ1) is 10.0. The molecule has 112 valence electrons. The van der Waals surface area contributed by atoms with Crippen molar-refractivity contribution >= 4 is 38.1 Å². The van der Waals surface area contributed by atoms with Crippen LogP contribution in [0.5, 0.6) is 0 Å². The van der Waals surface area contributed by atoms with Crippen LogP contribution >= 0.6 is 12.2 Å². The van der Waals surface area contributed by atoms with E-state index in [1.807, 2.05) is 0 Å². The number of thiocarbonyl (C=S) groups is 1. The molecule has 1 heterocycles. The molecule has 5 nitrogen and oxygen atoms in total. The molecule has 1 aromatic heterocycles. The van der Waals surface area contributed by atoms with Crippen molar-refractivity contribution in [1.82, 2.24) is 9.71 Å². The molecule has 0 radical (unpaired) electrons. The highest BCUT2D eigenvalue weighted by Crippen LogP contribution is 2.20. The van der Waals surface area contributed by atoms with Crippen LogP contribution in [-0.2, 0) is 10.0 Å². The van der Waals surface area contributed by atoms with Crippen LogP contribution in [0.2, 0.25) is 0 Å². The average molecular weight is 323 g/mol. The van der Waals surface area contributed by atoms with Crippen molar-refractivity contribution in [2.24, 2.45) is 5.73 Å². The van der Waals surface area contributed by atoms with Crippen LogP contribution in [0.25, 0.3) is 10.9 Å². The summed E-state index contributed by atoms with van der Waals surface area (Å²) in [4.78, 5) is 4.87. The Labute approximate surface area is 129 Å². The molecule has 0 spiro atoms. The third-order valence-corrected chi connectivity index (χ3v) is 4.76. The van der Waals surface area contributed by atoms with Crippen molar-refractivity contribution in [2.75, 3.05) is 6.54 Å². The zero-order valence-electron chi connectivity index (χ0n) is 11.5. The van der Waals surface area contributed by atoms with Gasteiger partial charge in [0.25, 0.3) is 0 Å². The lowest BCUT2D eigenvalue weighted by Crippen LogP contribution is -2.25. The fraction of sp³-hybridized carbons (Fsp3) is 0.286. The number of fused-ring (bicyclic) bond motifs is 1. The number of hydrogen-bond acceptors (Lipinski definition) is 4. The van der Waals surface area contributed by atoms with Crippen molar-refractivity contribution in [1.29, 1.82) is 0 Å². The maximum Gasteiger partial charge on any atom is 0.241 e. The first-order valence-electron chi connectivity index (χ1n) is 6.62. The van der Waals surface area contributed by atoms with E-state index in [2.05, 4.69) is 9.71 Å². The number of benzene rings is 1. The Balaban J connectivity index is 2.10. The summed E-state index contributed by atoms with van der Waals surface area (Å²) in [6.07, 6.45) is 3.74. The molecule has 0 saturated carbocycles. The fourth-order valence-corrected chi connectivity index (χ4v) is 3.45. The van der Waals surface area contributed by atoms with E-state index in [9.17, 15) is 8.42 Å². The summed E-state index contributed by atoms with van der Waals surface area (Å²) >= 11 is 4.78. The minimum absolute atomic E-state index is 0.252. The van der Waals surface area contributed by atoms with Crippen LogP contribution < -0.4 is 10.5 Å². The molecule has 0 bridgehead atoms. The lowest BCUT2D eigenvalue weighted by atomic mass is 10.2. The van der Waals surface area contributed by atoms with Crippen molar-refractivity contribution in [2.45, 2.75) is 24.2 Å². The average Bonchev–Trinajstić information content (AvgIpc) is 2.46. The molecule has 21 heavy (non-hydrogen) atoms. The molecular weight excluding hydrogens is 306 g/mol. The van der Waals surface area contributed by atoms with Gasteiger partial charge < -0.3 is 5.73 Å². The standard InChI is InChI=1S/C14H17N3O2S2/c15-14(20)8-1-2-10-17-21(18,19)13-7-3-6-12-11(13)5-4-9-16-12/h3-7,9,17H,1-2,8,10H2,(H2,15,20). The Morgan fingerprint density at radius 2 is 2.05 bits per heavy atom. The molecule has 0 saturated heterocycles. The monoisotopic (exact) mass is 323 g/mol. The van der Waals surface area contributed by atoms with Crippen molar-refractivity contribution in [3.8, 4) is 0 Å². The van der Waals surface area contributed by atoms with Gasteiger partial charge in [0.05, 0.1) is 15.4 Å².